The molecule has 1 aliphatic heterocycles. The molecule has 1 saturated heterocycles. The van der Waals surface area contributed by atoms with Gasteiger partial charge in [-0.05, 0) is 31.2 Å². The van der Waals surface area contributed by atoms with Gasteiger partial charge in [-0.1, -0.05) is 37.6 Å². The molecule has 2 atom stereocenters. The van der Waals surface area contributed by atoms with Crippen molar-refractivity contribution in [1.82, 2.24) is 14.6 Å². The molecular formula is C20H25N3O4S. The molecule has 0 radical (unpaired) electrons. The maximum absolute atomic E-state index is 13.1. The van der Waals surface area contributed by atoms with Gasteiger partial charge in [0.1, 0.15) is 5.69 Å². The summed E-state index contributed by atoms with van der Waals surface area (Å²) in [5.74, 6) is -0.449. The Hall–Kier alpha value is -2.29. The highest BCUT2D eigenvalue weighted by Crippen LogP contribution is 2.32. The lowest BCUT2D eigenvalue weighted by Crippen LogP contribution is -2.63. The molecular weight excluding hydrogens is 378 g/mol. The minimum atomic E-state index is -3.75. The molecule has 1 aliphatic rings. The fraction of sp³-hybridized carbons (Fsp3) is 0.400. The number of amides is 1. The molecule has 8 heteroatoms. The van der Waals surface area contributed by atoms with Gasteiger partial charge in [-0.3, -0.25) is 9.78 Å². The molecule has 7 nitrogen and oxygen atoms in total. The maximum Gasteiger partial charge on any atom is 0.270 e. The van der Waals surface area contributed by atoms with Crippen LogP contribution in [0.3, 0.4) is 0 Å². The van der Waals surface area contributed by atoms with E-state index in [0.717, 1.165) is 5.56 Å². The Bertz CT molecular complexity index is 943. The summed E-state index contributed by atoms with van der Waals surface area (Å²) in [6.07, 6.45) is 0.606. The molecule has 0 aliphatic carbocycles. The van der Waals surface area contributed by atoms with Crippen LogP contribution in [0.1, 0.15) is 29.9 Å². The second kappa shape index (κ2) is 7.62. The van der Waals surface area contributed by atoms with Gasteiger partial charge in [0, 0.05) is 24.7 Å². The zero-order valence-electron chi connectivity index (χ0n) is 16.2. The standard InChI is InChI=1S/C20H25N3O4S/c1-14-7-9-15(10-8-14)28(26,27)23-12-17(18(24)20(2,3)13-23)22-19(25)16-6-4-5-11-21-16/h4-11,17-18,24H,12-13H2,1-3H3,(H,22,25)/t17-,18-/m0/s1. The molecule has 0 spiro atoms. The number of benzene rings is 1. The number of hydrogen-bond donors (Lipinski definition) is 2. The van der Waals surface area contributed by atoms with Crippen molar-refractivity contribution in [1.29, 1.82) is 0 Å². The number of aliphatic hydroxyl groups excluding tert-OH is 1. The lowest BCUT2D eigenvalue weighted by atomic mass is 9.79. The Morgan fingerprint density at radius 1 is 1.21 bits per heavy atom. The van der Waals surface area contributed by atoms with E-state index in [1.807, 2.05) is 6.92 Å². The molecule has 2 heterocycles. The summed E-state index contributed by atoms with van der Waals surface area (Å²) in [6, 6.07) is 10.8. The van der Waals surface area contributed by atoms with Gasteiger partial charge in [-0.15, -0.1) is 0 Å². The van der Waals surface area contributed by atoms with Crippen LogP contribution in [0.5, 0.6) is 0 Å². The number of aromatic nitrogens is 1. The second-order valence-electron chi connectivity index (χ2n) is 7.84. The number of aryl methyl sites for hydroxylation is 1. The topological polar surface area (TPSA) is 99.6 Å². The van der Waals surface area contributed by atoms with E-state index in [1.54, 1.807) is 56.3 Å². The van der Waals surface area contributed by atoms with Crippen molar-refractivity contribution in [2.45, 2.75) is 37.8 Å². The predicted molar refractivity (Wildman–Crippen MR) is 105 cm³/mol. The SMILES string of the molecule is Cc1ccc(S(=O)(=O)N2C[C@H](NC(=O)c3ccccn3)[C@H](O)C(C)(C)C2)cc1. The molecule has 0 bridgehead atoms. The number of aliphatic hydroxyl groups is 1. The van der Waals surface area contributed by atoms with Crippen LogP contribution in [0.25, 0.3) is 0 Å². The van der Waals surface area contributed by atoms with E-state index >= 15 is 0 Å². The summed E-state index contributed by atoms with van der Waals surface area (Å²) in [4.78, 5) is 16.7. The predicted octanol–water partition coefficient (Wildman–Crippen LogP) is 1.58. The summed E-state index contributed by atoms with van der Waals surface area (Å²) < 4.78 is 27.6. The van der Waals surface area contributed by atoms with Crippen molar-refractivity contribution in [2.24, 2.45) is 5.41 Å². The minimum absolute atomic E-state index is 0.0145. The Balaban J connectivity index is 1.86. The van der Waals surface area contributed by atoms with Crippen molar-refractivity contribution in [3.63, 3.8) is 0 Å². The summed E-state index contributed by atoms with van der Waals surface area (Å²) in [5, 5.41) is 13.5. The third-order valence-corrected chi connectivity index (χ3v) is 6.86. The third-order valence-electron chi connectivity index (χ3n) is 5.04. The Labute approximate surface area is 165 Å². The molecule has 2 N–H and O–H groups in total. The smallest absolute Gasteiger partial charge is 0.270 e. The Kier molecular flexibility index (Phi) is 5.56. The van der Waals surface area contributed by atoms with Crippen molar-refractivity contribution in [2.75, 3.05) is 13.1 Å². The minimum Gasteiger partial charge on any atom is -0.390 e. The van der Waals surface area contributed by atoms with Gasteiger partial charge in [0.25, 0.3) is 5.91 Å². The zero-order chi connectivity index (χ0) is 20.5. The van der Waals surface area contributed by atoms with E-state index in [2.05, 4.69) is 10.3 Å². The van der Waals surface area contributed by atoms with Crippen LogP contribution in [0.15, 0.2) is 53.6 Å². The van der Waals surface area contributed by atoms with Gasteiger partial charge in [-0.25, -0.2) is 8.42 Å². The highest BCUT2D eigenvalue weighted by Gasteiger charge is 2.45. The van der Waals surface area contributed by atoms with E-state index < -0.39 is 33.5 Å². The number of sulfonamides is 1. The molecule has 1 amide bonds. The van der Waals surface area contributed by atoms with Gasteiger partial charge in [-0.2, -0.15) is 4.31 Å². The zero-order valence-corrected chi connectivity index (χ0v) is 17.0. The summed E-state index contributed by atoms with van der Waals surface area (Å²) in [7, 11) is -3.75. The van der Waals surface area contributed by atoms with Gasteiger partial charge in [0.2, 0.25) is 10.0 Å². The lowest BCUT2D eigenvalue weighted by molar-refractivity contribution is -0.0250. The van der Waals surface area contributed by atoms with Gasteiger partial charge >= 0.3 is 0 Å². The average Bonchev–Trinajstić information content (AvgIpc) is 2.66. The number of carbonyl (C=O) groups is 1. The summed E-state index contributed by atoms with van der Waals surface area (Å²) in [6.45, 7) is 5.60. The normalized spacial score (nSPS) is 22.6. The first-order chi connectivity index (χ1) is 13.1. The van der Waals surface area contributed by atoms with E-state index in [9.17, 15) is 18.3 Å². The molecule has 1 aromatic heterocycles. The van der Waals surface area contributed by atoms with Crippen LogP contribution in [0.2, 0.25) is 0 Å². The van der Waals surface area contributed by atoms with Crippen molar-refractivity contribution >= 4 is 15.9 Å². The van der Waals surface area contributed by atoms with Crippen LogP contribution in [0, 0.1) is 12.3 Å². The van der Waals surface area contributed by atoms with Gasteiger partial charge < -0.3 is 10.4 Å². The van der Waals surface area contributed by atoms with Crippen molar-refractivity contribution < 1.29 is 18.3 Å². The van der Waals surface area contributed by atoms with Crippen LogP contribution in [-0.2, 0) is 10.0 Å². The van der Waals surface area contributed by atoms with Crippen LogP contribution in [-0.4, -0.2) is 54.0 Å². The fourth-order valence-corrected chi connectivity index (χ4v) is 5.02. The number of hydrogen-bond acceptors (Lipinski definition) is 5. The summed E-state index contributed by atoms with van der Waals surface area (Å²) >= 11 is 0. The molecule has 1 fully saturated rings. The number of nitrogens with one attached hydrogen (secondary N) is 1. The van der Waals surface area contributed by atoms with E-state index in [0.29, 0.717) is 0 Å². The van der Waals surface area contributed by atoms with E-state index in [4.69, 9.17) is 0 Å². The average molecular weight is 404 g/mol. The fourth-order valence-electron chi connectivity index (χ4n) is 3.38. The maximum atomic E-state index is 13.1. The summed E-state index contributed by atoms with van der Waals surface area (Å²) in [5.41, 5.74) is 0.442. The van der Waals surface area contributed by atoms with Crippen LogP contribution >= 0.6 is 0 Å². The quantitative estimate of drug-likeness (QED) is 0.807. The van der Waals surface area contributed by atoms with E-state index in [1.165, 1.54) is 10.5 Å². The first-order valence-corrected chi connectivity index (χ1v) is 10.5. The first-order valence-electron chi connectivity index (χ1n) is 9.08. The van der Waals surface area contributed by atoms with Crippen LogP contribution in [0.4, 0.5) is 0 Å². The van der Waals surface area contributed by atoms with Gasteiger partial charge in [0.05, 0.1) is 17.0 Å². The third kappa shape index (κ3) is 4.09. The van der Waals surface area contributed by atoms with Crippen molar-refractivity contribution in [3.05, 3.63) is 59.9 Å². The van der Waals surface area contributed by atoms with Crippen LogP contribution < -0.4 is 5.32 Å². The van der Waals surface area contributed by atoms with Gasteiger partial charge in [0.15, 0.2) is 0 Å². The Morgan fingerprint density at radius 3 is 2.50 bits per heavy atom. The molecule has 0 saturated carbocycles. The molecule has 3 rings (SSSR count). The Morgan fingerprint density at radius 2 is 1.89 bits per heavy atom. The molecule has 2 aromatic rings. The number of piperidine rings is 1. The first kappa shape index (κ1) is 20.4. The lowest BCUT2D eigenvalue weighted by Gasteiger charge is -2.45. The number of carbonyl (C=O) groups excluding carboxylic acids is 1. The second-order valence-corrected chi connectivity index (χ2v) is 9.78. The highest BCUT2D eigenvalue weighted by atomic mass is 32.2. The number of pyridine rings is 1. The molecule has 28 heavy (non-hydrogen) atoms. The van der Waals surface area contributed by atoms with E-state index in [-0.39, 0.29) is 23.7 Å². The molecule has 0 unspecified atom stereocenters. The number of nitrogens with zero attached hydrogens (tertiary/aromatic N) is 2. The monoisotopic (exact) mass is 403 g/mol. The van der Waals surface area contributed by atoms with Crippen molar-refractivity contribution in [3.8, 4) is 0 Å². The largest absolute Gasteiger partial charge is 0.390 e. The highest BCUT2D eigenvalue weighted by molar-refractivity contribution is 7.89. The molecule has 150 valence electrons. The number of rotatable bonds is 4. The molecule has 1 aromatic carbocycles.